The van der Waals surface area contributed by atoms with Crippen LogP contribution in [0.5, 0.6) is 0 Å². The molecule has 0 spiro atoms. The number of rotatable bonds is 3. The molecule has 1 aliphatic rings. The molecule has 0 aliphatic carbocycles. The second-order valence-electron chi connectivity index (χ2n) is 9.16. The second-order valence-corrected chi connectivity index (χ2v) is 9.16. The first-order valence-corrected chi connectivity index (χ1v) is 10.2. The van der Waals surface area contributed by atoms with Gasteiger partial charge in [-0.05, 0) is 51.9 Å². The molecule has 0 aromatic heterocycles. The lowest BCUT2D eigenvalue weighted by atomic mass is 9.75. The predicted molar refractivity (Wildman–Crippen MR) is 107 cm³/mol. The molecule has 0 radical (unpaired) electrons. The highest BCUT2D eigenvalue weighted by Gasteiger charge is 2.36. The van der Waals surface area contributed by atoms with Crippen molar-refractivity contribution in [2.24, 2.45) is 29.6 Å². The van der Waals surface area contributed by atoms with Crippen LogP contribution in [-0.4, -0.2) is 40.1 Å². The monoisotopic (exact) mass is 384 g/mol. The zero-order valence-electron chi connectivity index (χ0n) is 18.4. The van der Waals surface area contributed by atoms with Gasteiger partial charge in [-0.15, -0.1) is 0 Å². The maximum absolute atomic E-state index is 12.9. The Hall–Kier alpha value is -0.910. The minimum absolute atomic E-state index is 0.0651. The minimum Gasteiger partial charge on any atom is -0.492 e. The number of hydrogen-bond acceptors (Lipinski definition) is 5. The molecule has 5 heteroatoms. The van der Waals surface area contributed by atoms with Crippen molar-refractivity contribution in [1.29, 1.82) is 0 Å². The topological polar surface area (TPSA) is 76.0 Å². The zero-order valence-corrected chi connectivity index (χ0v) is 18.4. The summed E-state index contributed by atoms with van der Waals surface area (Å²) in [6, 6.07) is 0. The van der Waals surface area contributed by atoms with Crippen molar-refractivity contribution in [2.75, 3.05) is 0 Å². The van der Waals surface area contributed by atoms with Gasteiger partial charge in [-0.25, -0.2) is 0 Å². The highest BCUT2D eigenvalue weighted by molar-refractivity contribution is 5.85. The summed E-state index contributed by atoms with van der Waals surface area (Å²) in [4.78, 5) is 12.9. The summed E-state index contributed by atoms with van der Waals surface area (Å²) in [6.45, 7) is 19.0. The molecule has 27 heavy (non-hydrogen) atoms. The first-order valence-electron chi connectivity index (χ1n) is 10.2. The molecule has 0 saturated carbocycles. The van der Waals surface area contributed by atoms with Crippen LogP contribution in [0.3, 0.4) is 0 Å². The highest BCUT2D eigenvalue weighted by Crippen LogP contribution is 2.33. The van der Waals surface area contributed by atoms with E-state index in [-0.39, 0.29) is 23.5 Å². The molecule has 0 aromatic carbocycles. The fourth-order valence-electron chi connectivity index (χ4n) is 3.90. The maximum atomic E-state index is 12.9. The molecule has 5 nitrogen and oxygen atoms in total. The molecule has 1 heterocycles. The third kappa shape index (κ3) is 6.88. The van der Waals surface area contributed by atoms with Crippen LogP contribution in [0.2, 0.25) is 0 Å². The molecule has 1 fully saturated rings. The van der Waals surface area contributed by atoms with E-state index in [0.717, 1.165) is 6.42 Å². The van der Waals surface area contributed by atoms with Crippen LogP contribution in [0, 0.1) is 29.6 Å². The largest absolute Gasteiger partial charge is 0.492 e. The van der Waals surface area contributed by atoms with Gasteiger partial charge in [0.1, 0.15) is 11.9 Å². The molecule has 0 amide bonds. The number of allylic oxidation sites excluding steroid dienone is 1. The van der Waals surface area contributed by atoms with Crippen LogP contribution < -0.4 is 0 Å². The summed E-state index contributed by atoms with van der Waals surface area (Å²) in [5.74, 6) is -0.734. The van der Waals surface area contributed by atoms with E-state index in [1.807, 2.05) is 20.8 Å². The van der Waals surface area contributed by atoms with Crippen molar-refractivity contribution >= 4 is 5.78 Å². The Labute approximate surface area is 165 Å². The number of hydrogen-bond donors (Lipinski definition) is 2. The van der Waals surface area contributed by atoms with E-state index in [4.69, 9.17) is 9.47 Å². The van der Waals surface area contributed by atoms with Crippen molar-refractivity contribution in [2.45, 2.75) is 92.3 Å². The van der Waals surface area contributed by atoms with E-state index in [2.05, 4.69) is 20.4 Å². The standard InChI is InChI=1S/C22H40O5/c1-12-10-13(2)19(23)11-20(18(7)27-22(8,9)25)26-17(6)16(5)21(24)15(4)14(12)3/h12-16,18-20,23,25H,6,10-11H2,1-5,7-9H3/t12?,13?,14?,15?,16-,18?,19?,20?/m0/s1. The Kier molecular flexibility index (Phi) is 8.52. The molecule has 0 aromatic rings. The maximum Gasteiger partial charge on any atom is 0.160 e. The van der Waals surface area contributed by atoms with E-state index in [1.165, 1.54) is 0 Å². The summed E-state index contributed by atoms with van der Waals surface area (Å²) in [5.41, 5.74) is 0. The predicted octanol–water partition coefficient (Wildman–Crippen LogP) is 3.92. The lowest BCUT2D eigenvalue weighted by Crippen LogP contribution is -2.41. The van der Waals surface area contributed by atoms with Crippen LogP contribution in [0.15, 0.2) is 12.3 Å². The molecule has 8 atom stereocenters. The lowest BCUT2D eigenvalue weighted by molar-refractivity contribution is -0.225. The summed E-state index contributed by atoms with van der Waals surface area (Å²) in [7, 11) is 0. The summed E-state index contributed by atoms with van der Waals surface area (Å²) in [5, 5.41) is 20.7. The van der Waals surface area contributed by atoms with Crippen molar-refractivity contribution in [3.8, 4) is 0 Å². The van der Waals surface area contributed by atoms with Crippen LogP contribution in [-0.2, 0) is 14.3 Å². The van der Waals surface area contributed by atoms with Gasteiger partial charge in [0.2, 0.25) is 0 Å². The van der Waals surface area contributed by atoms with E-state index < -0.39 is 30.0 Å². The molecule has 0 bridgehead atoms. The lowest BCUT2D eigenvalue weighted by Gasteiger charge is -2.36. The molecular formula is C22H40O5. The second kappa shape index (κ2) is 9.53. The number of Topliss-reactive ketones (excluding diaryl/α,β-unsaturated/α-hetero) is 1. The van der Waals surface area contributed by atoms with Gasteiger partial charge < -0.3 is 19.7 Å². The summed E-state index contributed by atoms with van der Waals surface area (Å²) in [6.07, 6.45) is -0.342. The summed E-state index contributed by atoms with van der Waals surface area (Å²) >= 11 is 0. The van der Waals surface area contributed by atoms with Crippen LogP contribution in [0.4, 0.5) is 0 Å². The van der Waals surface area contributed by atoms with Gasteiger partial charge in [-0.2, -0.15) is 0 Å². The highest BCUT2D eigenvalue weighted by atomic mass is 16.6. The molecule has 2 N–H and O–H groups in total. The van der Waals surface area contributed by atoms with E-state index in [9.17, 15) is 15.0 Å². The summed E-state index contributed by atoms with van der Waals surface area (Å²) < 4.78 is 11.7. The average molecular weight is 385 g/mol. The zero-order chi connectivity index (χ0) is 21.1. The molecule has 7 unspecified atom stereocenters. The SMILES string of the molecule is C=C1OC(C(C)OC(C)(C)O)CC(O)C(C)CC(C)C(C)C(C)C(=O)[C@H]1C. The van der Waals surface area contributed by atoms with Gasteiger partial charge >= 0.3 is 0 Å². The Morgan fingerprint density at radius 3 is 2.22 bits per heavy atom. The Balaban J connectivity index is 3.14. The van der Waals surface area contributed by atoms with Crippen molar-refractivity contribution in [3.63, 3.8) is 0 Å². The van der Waals surface area contributed by atoms with Gasteiger partial charge in [0.15, 0.2) is 5.79 Å². The number of aliphatic hydroxyl groups excluding tert-OH is 1. The third-order valence-electron chi connectivity index (χ3n) is 6.22. The number of carbonyl (C=O) groups excluding carboxylic acids is 1. The number of aliphatic hydroxyl groups is 2. The average Bonchev–Trinajstić information content (AvgIpc) is 2.55. The van der Waals surface area contributed by atoms with E-state index in [0.29, 0.717) is 18.1 Å². The van der Waals surface area contributed by atoms with Crippen molar-refractivity contribution in [3.05, 3.63) is 12.3 Å². The molecule has 1 rings (SSSR count). The van der Waals surface area contributed by atoms with Crippen molar-refractivity contribution in [1.82, 2.24) is 0 Å². The van der Waals surface area contributed by atoms with Crippen molar-refractivity contribution < 1.29 is 24.5 Å². The fourth-order valence-corrected chi connectivity index (χ4v) is 3.90. The Morgan fingerprint density at radius 2 is 1.70 bits per heavy atom. The number of ketones is 1. The van der Waals surface area contributed by atoms with E-state index >= 15 is 0 Å². The van der Waals surface area contributed by atoms with Crippen LogP contribution in [0.25, 0.3) is 0 Å². The number of ether oxygens (including phenoxy) is 2. The normalized spacial score (nSPS) is 38.5. The molecule has 158 valence electrons. The molecular weight excluding hydrogens is 344 g/mol. The Morgan fingerprint density at radius 1 is 1.15 bits per heavy atom. The first kappa shape index (κ1) is 24.1. The third-order valence-corrected chi connectivity index (χ3v) is 6.22. The minimum atomic E-state index is -1.32. The molecule has 1 saturated heterocycles. The van der Waals surface area contributed by atoms with Gasteiger partial charge in [0.25, 0.3) is 0 Å². The Bertz CT molecular complexity index is 509. The quantitative estimate of drug-likeness (QED) is 0.721. The number of carbonyl (C=O) groups is 1. The van der Waals surface area contributed by atoms with Gasteiger partial charge in [-0.1, -0.05) is 34.3 Å². The van der Waals surface area contributed by atoms with Gasteiger partial charge in [0, 0.05) is 12.3 Å². The first-order chi connectivity index (χ1) is 12.2. The van der Waals surface area contributed by atoms with Gasteiger partial charge in [0.05, 0.1) is 23.9 Å². The van der Waals surface area contributed by atoms with Gasteiger partial charge in [-0.3, -0.25) is 4.79 Å². The van der Waals surface area contributed by atoms with Crippen LogP contribution >= 0.6 is 0 Å². The smallest absolute Gasteiger partial charge is 0.160 e. The molecule has 1 aliphatic heterocycles. The van der Waals surface area contributed by atoms with E-state index in [1.54, 1.807) is 20.8 Å². The van der Waals surface area contributed by atoms with Crippen LogP contribution in [0.1, 0.15) is 68.2 Å². The fraction of sp³-hybridized carbons (Fsp3) is 0.864.